The van der Waals surface area contributed by atoms with E-state index in [0.29, 0.717) is 17.7 Å². The molecule has 0 bridgehead atoms. The van der Waals surface area contributed by atoms with Crippen molar-refractivity contribution in [1.82, 2.24) is 29.9 Å². The van der Waals surface area contributed by atoms with Gasteiger partial charge in [-0.2, -0.15) is 8.42 Å². The Bertz CT molecular complexity index is 1050. The minimum atomic E-state index is -4.67. The van der Waals surface area contributed by atoms with Gasteiger partial charge in [0, 0.05) is 29.3 Å². The van der Waals surface area contributed by atoms with Gasteiger partial charge in [0.1, 0.15) is 6.33 Å². The standard InChI is InChI=1S/C13H14BrN7.H2O4S.H2O/c1-7-9(15-2)5-20(7)12-13-19-17-6-21(13)10-3-8(14)4-16-11(10)18-12;1-5(2,3)4;/h3-4,6-7,9,15H,5H2,1-2H3;(H2,1,2,3,4);1H2. The summed E-state index contributed by atoms with van der Waals surface area (Å²) in [6, 6.07) is 2.82. The number of halogens is 1. The van der Waals surface area contributed by atoms with Gasteiger partial charge in [-0.05, 0) is 36.0 Å². The zero-order valence-electron chi connectivity index (χ0n) is 14.3. The molecule has 1 aliphatic rings. The minimum absolute atomic E-state index is 0. The number of hydrogen-bond acceptors (Lipinski definition) is 8. The summed E-state index contributed by atoms with van der Waals surface area (Å²) in [5.41, 5.74) is 2.36. The Kier molecular flexibility index (Phi) is 6.28. The molecule has 3 aromatic rings. The van der Waals surface area contributed by atoms with E-state index in [9.17, 15) is 0 Å². The fourth-order valence-corrected chi connectivity index (χ4v) is 3.13. The molecule has 0 radical (unpaired) electrons. The topological polar surface area (TPSA) is 177 Å². The van der Waals surface area contributed by atoms with Crippen LogP contribution in [0.3, 0.4) is 0 Å². The lowest BCUT2D eigenvalue weighted by atomic mass is 9.98. The molecule has 0 saturated carbocycles. The maximum Gasteiger partial charge on any atom is 0.394 e. The highest BCUT2D eigenvalue weighted by molar-refractivity contribution is 9.10. The first-order chi connectivity index (χ1) is 12.2. The van der Waals surface area contributed by atoms with Crippen molar-refractivity contribution in [2.24, 2.45) is 0 Å². The third-order valence-electron chi connectivity index (χ3n) is 4.14. The van der Waals surface area contributed by atoms with Crippen LogP contribution >= 0.6 is 15.9 Å². The second-order valence-electron chi connectivity index (χ2n) is 5.69. The summed E-state index contributed by atoms with van der Waals surface area (Å²) in [6.07, 6.45) is 3.46. The predicted octanol–water partition coefficient (Wildman–Crippen LogP) is -0.246. The van der Waals surface area contributed by atoms with Crippen molar-refractivity contribution < 1.29 is 23.0 Å². The maximum atomic E-state index is 8.74. The van der Waals surface area contributed by atoms with Gasteiger partial charge in [0.05, 0.1) is 5.52 Å². The number of nitrogens with one attached hydrogen (secondary N) is 1. The van der Waals surface area contributed by atoms with E-state index >= 15 is 0 Å². The first kappa shape index (κ1) is 21.3. The number of hydrogen-bond donors (Lipinski definition) is 3. The molecule has 2 atom stereocenters. The normalized spacial score (nSPS) is 19.2. The molecule has 5 N–H and O–H groups in total. The van der Waals surface area contributed by atoms with Gasteiger partial charge in [-0.15, -0.1) is 10.2 Å². The zero-order chi connectivity index (χ0) is 19.1. The Morgan fingerprint density at radius 2 is 2.04 bits per heavy atom. The molecule has 3 aromatic heterocycles. The van der Waals surface area contributed by atoms with Gasteiger partial charge in [-0.1, -0.05) is 0 Å². The molecule has 12 nitrogen and oxygen atoms in total. The van der Waals surface area contributed by atoms with Crippen LogP contribution in [0.2, 0.25) is 0 Å². The summed E-state index contributed by atoms with van der Waals surface area (Å²) in [7, 11) is -2.68. The Morgan fingerprint density at radius 3 is 2.63 bits per heavy atom. The van der Waals surface area contributed by atoms with Crippen molar-refractivity contribution in [3.63, 3.8) is 0 Å². The number of nitrogens with zero attached hydrogens (tertiary/aromatic N) is 6. The van der Waals surface area contributed by atoms with Gasteiger partial charge in [-0.25, -0.2) is 9.97 Å². The molecule has 0 amide bonds. The van der Waals surface area contributed by atoms with E-state index in [1.54, 1.807) is 12.5 Å². The van der Waals surface area contributed by atoms with Gasteiger partial charge in [0.25, 0.3) is 0 Å². The number of rotatable bonds is 2. The van der Waals surface area contributed by atoms with E-state index < -0.39 is 10.4 Å². The van der Waals surface area contributed by atoms with Crippen molar-refractivity contribution in [1.29, 1.82) is 0 Å². The number of anilines is 1. The summed E-state index contributed by atoms with van der Waals surface area (Å²) in [4.78, 5) is 11.3. The van der Waals surface area contributed by atoms with E-state index in [1.807, 2.05) is 17.5 Å². The van der Waals surface area contributed by atoms with Crippen molar-refractivity contribution in [3.05, 3.63) is 23.1 Å². The lowest BCUT2D eigenvalue weighted by Gasteiger charge is -2.46. The van der Waals surface area contributed by atoms with E-state index in [0.717, 1.165) is 28.0 Å². The molecule has 27 heavy (non-hydrogen) atoms. The fraction of sp³-hybridized carbons (Fsp3) is 0.385. The lowest BCUT2D eigenvalue weighted by molar-refractivity contribution is 0.352. The van der Waals surface area contributed by atoms with Crippen molar-refractivity contribution in [2.45, 2.75) is 19.0 Å². The van der Waals surface area contributed by atoms with E-state index in [4.69, 9.17) is 22.5 Å². The van der Waals surface area contributed by atoms with Gasteiger partial charge < -0.3 is 15.7 Å². The summed E-state index contributed by atoms with van der Waals surface area (Å²) >= 11 is 3.44. The summed E-state index contributed by atoms with van der Waals surface area (Å²) in [5.74, 6) is 0.842. The van der Waals surface area contributed by atoms with Crippen molar-refractivity contribution >= 4 is 49.0 Å². The van der Waals surface area contributed by atoms with Gasteiger partial charge in [0.15, 0.2) is 11.5 Å². The third-order valence-corrected chi connectivity index (χ3v) is 4.58. The minimum Gasteiger partial charge on any atom is -0.412 e. The highest BCUT2D eigenvalue weighted by atomic mass is 79.9. The molecule has 2 unspecified atom stereocenters. The molecule has 0 aromatic carbocycles. The van der Waals surface area contributed by atoms with E-state index in [1.165, 1.54) is 0 Å². The molecular weight excluding hydrogens is 446 g/mol. The SMILES string of the molecule is CNC1CN(c2nc3ncc(Br)cc3n3cnnc23)C1C.O.O=S(=O)(O)O. The Hall–Kier alpha value is -1.97. The van der Waals surface area contributed by atoms with Crippen LogP contribution in [0.5, 0.6) is 0 Å². The average Bonchev–Trinajstić information content (AvgIpc) is 3.03. The largest absolute Gasteiger partial charge is 0.412 e. The van der Waals surface area contributed by atoms with E-state index in [-0.39, 0.29) is 5.48 Å². The van der Waals surface area contributed by atoms with Gasteiger partial charge in [-0.3, -0.25) is 13.5 Å². The molecule has 0 aliphatic carbocycles. The molecule has 1 saturated heterocycles. The Morgan fingerprint density at radius 1 is 1.37 bits per heavy atom. The van der Waals surface area contributed by atoms with Crippen LogP contribution in [-0.4, -0.2) is 73.2 Å². The number of aromatic nitrogens is 5. The first-order valence-corrected chi connectivity index (χ1v) is 9.67. The molecule has 148 valence electrons. The third kappa shape index (κ3) is 4.48. The number of pyridine rings is 1. The van der Waals surface area contributed by atoms with Crippen LogP contribution in [0.25, 0.3) is 16.8 Å². The smallest absolute Gasteiger partial charge is 0.394 e. The summed E-state index contributed by atoms with van der Waals surface area (Å²) < 4.78 is 34.4. The molecule has 1 fully saturated rings. The summed E-state index contributed by atoms with van der Waals surface area (Å²) in [6.45, 7) is 3.09. The van der Waals surface area contributed by atoms with Gasteiger partial charge in [0.2, 0.25) is 5.65 Å². The quantitative estimate of drug-likeness (QED) is 0.429. The van der Waals surface area contributed by atoms with Crippen LogP contribution in [0.4, 0.5) is 5.82 Å². The second-order valence-corrected chi connectivity index (χ2v) is 7.50. The van der Waals surface area contributed by atoms with Crippen LogP contribution < -0.4 is 10.2 Å². The second kappa shape index (κ2) is 7.95. The average molecular weight is 464 g/mol. The Balaban J connectivity index is 0.000000390. The maximum absolute atomic E-state index is 8.74. The molecule has 1 aliphatic heterocycles. The lowest BCUT2D eigenvalue weighted by Crippen LogP contribution is -2.64. The zero-order valence-corrected chi connectivity index (χ0v) is 16.7. The highest BCUT2D eigenvalue weighted by Gasteiger charge is 2.36. The van der Waals surface area contributed by atoms with Crippen LogP contribution in [-0.2, 0) is 10.4 Å². The van der Waals surface area contributed by atoms with Crippen LogP contribution in [0.1, 0.15) is 6.92 Å². The Labute approximate surface area is 162 Å². The number of fused-ring (bicyclic) bond motifs is 3. The van der Waals surface area contributed by atoms with Crippen LogP contribution in [0, 0.1) is 0 Å². The summed E-state index contributed by atoms with van der Waals surface area (Å²) in [5, 5.41) is 11.6. The molecule has 14 heteroatoms. The van der Waals surface area contributed by atoms with Gasteiger partial charge >= 0.3 is 10.4 Å². The highest BCUT2D eigenvalue weighted by Crippen LogP contribution is 2.30. The van der Waals surface area contributed by atoms with Crippen molar-refractivity contribution in [3.8, 4) is 0 Å². The molecule has 0 spiro atoms. The van der Waals surface area contributed by atoms with Crippen LogP contribution in [0.15, 0.2) is 23.1 Å². The van der Waals surface area contributed by atoms with Crippen molar-refractivity contribution in [2.75, 3.05) is 18.5 Å². The molecular formula is C13H18BrN7O5S. The van der Waals surface area contributed by atoms with E-state index in [2.05, 4.69) is 48.3 Å². The fourth-order valence-electron chi connectivity index (χ4n) is 2.81. The number of likely N-dealkylation sites (N-methyl/N-ethyl adjacent to an activating group) is 1. The molecule has 4 rings (SSSR count). The monoisotopic (exact) mass is 463 g/mol. The first-order valence-electron chi connectivity index (χ1n) is 7.48. The predicted molar refractivity (Wildman–Crippen MR) is 101 cm³/mol. The molecule has 4 heterocycles.